The van der Waals surface area contributed by atoms with Gasteiger partial charge in [0.1, 0.15) is 11.3 Å². The monoisotopic (exact) mass is 329 g/mol. The van der Waals surface area contributed by atoms with Gasteiger partial charge in [0.05, 0.1) is 12.3 Å². The second-order valence-corrected chi connectivity index (χ2v) is 5.94. The van der Waals surface area contributed by atoms with Gasteiger partial charge in [-0.05, 0) is 30.0 Å². The van der Waals surface area contributed by atoms with Crippen molar-refractivity contribution in [1.82, 2.24) is 0 Å². The summed E-state index contributed by atoms with van der Waals surface area (Å²) in [6, 6.07) is 10.2. The van der Waals surface area contributed by atoms with Crippen molar-refractivity contribution in [3.8, 4) is 5.75 Å². The normalized spacial score (nSPS) is 14.7. The molecule has 3 rings (SSSR count). The van der Waals surface area contributed by atoms with Crippen LogP contribution < -0.4 is 9.64 Å². The standard InChI is InChI=1S/C17H15NO4S/c1-2-8-22-12-6-3-5-11(10-12)18-16(20)14(15(19)17(18)21)13-7-4-9-23-13/h3-7,9-10,19H,2,8H2,1H3. The van der Waals surface area contributed by atoms with E-state index in [1.807, 2.05) is 6.92 Å². The van der Waals surface area contributed by atoms with Gasteiger partial charge in [-0.15, -0.1) is 11.3 Å². The largest absolute Gasteiger partial charge is 0.502 e. The molecule has 0 spiro atoms. The molecule has 0 saturated carbocycles. The number of nitrogens with zero attached hydrogens (tertiary/aromatic N) is 1. The second-order valence-electron chi connectivity index (χ2n) is 4.99. The SMILES string of the molecule is CCCOc1cccc(N2C(=O)C(O)=C(c3cccs3)C2=O)c1. The number of aliphatic hydroxyl groups is 1. The molecule has 0 saturated heterocycles. The van der Waals surface area contributed by atoms with Crippen molar-refractivity contribution in [2.75, 3.05) is 11.5 Å². The summed E-state index contributed by atoms with van der Waals surface area (Å²) in [5.41, 5.74) is 0.427. The summed E-state index contributed by atoms with van der Waals surface area (Å²) in [7, 11) is 0. The maximum Gasteiger partial charge on any atom is 0.301 e. The molecule has 0 atom stereocenters. The van der Waals surface area contributed by atoms with Gasteiger partial charge in [0, 0.05) is 10.9 Å². The van der Waals surface area contributed by atoms with Crippen molar-refractivity contribution >= 4 is 34.4 Å². The minimum atomic E-state index is -0.717. The van der Waals surface area contributed by atoms with Crippen molar-refractivity contribution in [2.45, 2.75) is 13.3 Å². The first-order valence-corrected chi connectivity index (χ1v) is 8.10. The van der Waals surface area contributed by atoms with Crippen LogP contribution in [0.25, 0.3) is 5.57 Å². The molecule has 5 nitrogen and oxygen atoms in total. The zero-order chi connectivity index (χ0) is 16.4. The maximum atomic E-state index is 12.6. The van der Waals surface area contributed by atoms with Crippen molar-refractivity contribution in [3.63, 3.8) is 0 Å². The van der Waals surface area contributed by atoms with E-state index < -0.39 is 17.6 Å². The molecule has 1 aromatic heterocycles. The third kappa shape index (κ3) is 2.73. The minimum absolute atomic E-state index is 0.0462. The number of carbonyl (C=O) groups is 2. The average Bonchev–Trinajstić information content (AvgIpc) is 3.14. The first-order chi connectivity index (χ1) is 11.1. The van der Waals surface area contributed by atoms with E-state index in [9.17, 15) is 14.7 Å². The Morgan fingerprint density at radius 2 is 2.00 bits per heavy atom. The molecule has 23 heavy (non-hydrogen) atoms. The fourth-order valence-electron chi connectivity index (χ4n) is 2.33. The summed E-state index contributed by atoms with van der Waals surface area (Å²) in [6.45, 7) is 2.54. The number of hydrogen-bond donors (Lipinski definition) is 1. The second kappa shape index (κ2) is 6.26. The van der Waals surface area contributed by atoms with Gasteiger partial charge in [0.2, 0.25) is 0 Å². The lowest BCUT2D eigenvalue weighted by Gasteiger charge is -2.15. The molecule has 6 heteroatoms. The Bertz CT molecular complexity index is 780. The van der Waals surface area contributed by atoms with Crippen LogP contribution in [0.15, 0.2) is 47.5 Å². The number of carbonyl (C=O) groups excluding carboxylic acids is 2. The Morgan fingerprint density at radius 1 is 1.17 bits per heavy atom. The number of ether oxygens (including phenoxy) is 1. The van der Waals surface area contributed by atoms with Crippen LogP contribution in [-0.2, 0) is 9.59 Å². The van der Waals surface area contributed by atoms with E-state index in [-0.39, 0.29) is 5.57 Å². The number of benzene rings is 1. The Hall–Kier alpha value is -2.60. The van der Waals surface area contributed by atoms with Gasteiger partial charge in [0.15, 0.2) is 5.76 Å². The molecule has 1 N–H and O–H groups in total. The number of rotatable bonds is 5. The highest BCUT2D eigenvalue weighted by Crippen LogP contribution is 2.34. The number of amides is 2. The smallest absolute Gasteiger partial charge is 0.301 e. The third-order valence-corrected chi connectivity index (χ3v) is 4.26. The van der Waals surface area contributed by atoms with Crippen LogP contribution in [0, 0.1) is 0 Å². The molecule has 2 amide bonds. The van der Waals surface area contributed by atoms with Gasteiger partial charge < -0.3 is 9.84 Å². The van der Waals surface area contributed by atoms with Gasteiger partial charge in [-0.1, -0.05) is 19.1 Å². The van der Waals surface area contributed by atoms with E-state index in [0.717, 1.165) is 11.3 Å². The molecule has 1 aromatic carbocycles. The topological polar surface area (TPSA) is 66.8 Å². The summed E-state index contributed by atoms with van der Waals surface area (Å²) in [4.78, 5) is 26.5. The fraction of sp³-hybridized carbons (Fsp3) is 0.176. The number of thiophene rings is 1. The molecule has 2 heterocycles. The molecule has 2 aromatic rings. The summed E-state index contributed by atoms with van der Waals surface area (Å²) in [5, 5.41) is 11.9. The minimum Gasteiger partial charge on any atom is -0.502 e. The Balaban J connectivity index is 1.94. The molecule has 0 bridgehead atoms. The highest BCUT2D eigenvalue weighted by atomic mass is 32.1. The summed E-state index contributed by atoms with van der Waals surface area (Å²) >= 11 is 1.30. The number of imide groups is 1. The molecule has 0 radical (unpaired) electrons. The predicted octanol–water partition coefficient (Wildman–Crippen LogP) is 3.38. The van der Waals surface area contributed by atoms with Crippen molar-refractivity contribution in [1.29, 1.82) is 0 Å². The first kappa shape index (κ1) is 15.3. The lowest BCUT2D eigenvalue weighted by molar-refractivity contribution is -0.121. The number of aliphatic hydroxyl groups excluding tert-OH is 1. The van der Waals surface area contributed by atoms with Crippen LogP contribution in [0.2, 0.25) is 0 Å². The fourth-order valence-corrected chi connectivity index (χ4v) is 3.09. The molecule has 0 fully saturated rings. The Morgan fingerprint density at radius 3 is 2.70 bits per heavy atom. The van der Waals surface area contributed by atoms with E-state index in [1.165, 1.54) is 11.3 Å². The quantitative estimate of drug-likeness (QED) is 0.854. The van der Waals surface area contributed by atoms with Crippen LogP contribution in [0.3, 0.4) is 0 Å². The third-order valence-electron chi connectivity index (χ3n) is 3.38. The van der Waals surface area contributed by atoms with Gasteiger partial charge in [-0.2, -0.15) is 0 Å². The van der Waals surface area contributed by atoms with E-state index in [2.05, 4.69) is 0 Å². The van der Waals surface area contributed by atoms with Crippen molar-refractivity contribution in [2.24, 2.45) is 0 Å². The lowest BCUT2D eigenvalue weighted by atomic mass is 10.2. The van der Waals surface area contributed by atoms with E-state index in [0.29, 0.717) is 22.9 Å². The van der Waals surface area contributed by atoms with Crippen LogP contribution in [0.5, 0.6) is 5.75 Å². The van der Waals surface area contributed by atoms with Crippen molar-refractivity contribution in [3.05, 3.63) is 52.4 Å². The zero-order valence-electron chi connectivity index (χ0n) is 12.5. The Kier molecular flexibility index (Phi) is 4.16. The van der Waals surface area contributed by atoms with Crippen molar-refractivity contribution < 1.29 is 19.4 Å². The number of hydrogen-bond acceptors (Lipinski definition) is 5. The van der Waals surface area contributed by atoms with Gasteiger partial charge >= 0.3 is 5.91 Å². The predicted molar refractivity (Wildman–Crippen MR) is 88.6 cm³/mol. The average molecular weight is 329 g/mol. The maximum absolute atomic E-state index is 12.6. The van der Waals surface area contributed by atoms with E-state index in [1.54, 1.807) is 41.8 Å². The zero-order valence-corrected chi connectivity index (χ0v) is 13.3. The molecule has 0 unspecified atom stereocenters. The van der Waals surface area contributed by atoms with Crippen LogP contribution >= 0.6 is 11.3 Å². The van der Waals surface area contributed by atoms with Crippen LogP contribution in [-0.4, -0.2) is 23.5 Å². The molecule has 1 aliphatic heterocycles. The van der Waals surface area contributed by atoms with Gasteiger partial charge in [-0.3, -0.25) is 9.59 Å². The highest BCUT2D eigenvalue weighted by molar-refractivity contribution is 7.11. The molecule has 118 valence electrons. The van der Waals surface area contributed by atoms with Crippen LogP contribution in [0.1, 0.15) is 18.2 Å². The first-order valence-electron chi connectivity index (χ1n) is 7.22. The summed E-state index contributed by atoms with van der Waals surface area (Å²) < 4.78 is 5.53. The Labute approximate surface area is 137 Å². The summed E-state index contributed by atoms with van der Waals surface area (Å²) in [5.74, 6) is -1.18. The van der Waals surface area contributed by atoms with E-state index >= 15 is 0 Å². The van der Waals surface area contributed by atoms with Gasteiger partial charge in [-0.25, -0.2) is 4.90 Å². The lowest BCUT2D eigenvalue weighted by Crippen LogP contribution is -2.31. The van der Waals surface area contributed by atoms with Crippen LogP contribution in [0.4, 0.5) is 5.69 Å². The molecule has 0 aliphatic carbocycles. The molecular formula is C17H15NO4S. The summed E-state index contributed by atoms with van der Waals surface area (Å²) in [6.07, 6.45) is 0.858. The molecular weight excluding hydrogens is 314 g/mol. The highest BCUT2D eigenvalue weighted by Gasteiger charge is 2.40. The van der Waals surface area contributed by atoms with E-state index in [4.69, 9.17) is 4.74 Å². The molecule has 1 aliphatic rings. The van der Waals surface area contributed by atoms with Gasteiger partial charge in [0.25, 0.3) is 5.91 Å². The number of anilines is 1.